The zero-order chi connectivity index (χ0) is 11.6. The van der Waals surface area contributed by atoms with Crippen LogP contribution in [0.5, 0.6) is 0 Å². The van der Waals surface area contributed by atoms with Crippen molar-refractivity contribution in [2.75, 3.05) is 0 Å². The Morgan fingerprint density at radius 1 is 1.06 bits per heavy atom. The van der Waals surface area contributed by atoms with Crippen LogP contribution in [0, 0.1) is 0 Å². The first-order valence-electron chi connectivity index (χ1n) is 4.58. The molecule has 1 aliphatic heterocycles. The monoisotopic (exact) mass is 228 g/mol. The Morgan fingerprint density at radius 3 is 2.38 bits per heavy atom. The average Bonchev–Trinajstić information content (AvgIpc) is 2.29. The summed E-state index contributed by atoms with van der Waals surface area (Å²) >= 11 is 0. The Kier molecular flexibility index (Phi) is 3.27. The largest absolute Gasteiger partial charge is 0.552 e. The van der Waals surface area contributed by atoms with Gasteiger partial charge in [-0.15, -0.1) is 0 Å². The Morgan fingerprint density at radius 2 is 1.75 bits per heavy atom. The molecule has 1 aromatic carbocycles. The van der Waals surface area contributed by atoms with Gasteiger partial charge in [0.2, 0.25) is 0 Å². The van der Waals surface area contributed by atoms with Crippen molar-refractivity contribution in [3.8, 4) is 0 Å². The standard InChI is InChI=1S/C7H6B3F3O3/c11-7(12,13)10-15-8-14-9(16-10)6-4-2-1-3-5-6/h1-5,8H. The van der Waals surface area contributed by atoms with Gasteiger partial charge < -0.3 is 13.7 Å². The second-order valence-corrected chi connectivity index (χ2v) is 3.20. The van der Waals surface area contributed by atoms with E-state index in [-0.39, 0.29) is 0 Å². The molecule has 0 aliphatic carbocycles. The van der Waals surface area contributed by atoms with E-state index in [1.54, 1.807) is 30.3 Å². The van der Waals surface area contributed by atoms with Crippen LogP contribution in [-0.2, 0) is 13.7 Å². The molecule has 0 bridgehead atoms. The maximum absolute atomic E-state index is 12.3. The summed E-state index contributed by atoms with van der Waals surface area (Å²) in [7, 11) is -3.71. The van der Waals surface area contributed by atoms with Crippen molar-refractivity contribution in [1.82, 2.24) is 0 Å². The van der Waals surface area contributed by atoms with Crippen LogP contribution in [0.2, 0.25) is 0 Å². The molecule has 2 rings (SSSR count). The third-order valence-electron chi connectivity index (χ3n) is 2.03. The van der Waals surface area contributed by atoms with E-state index in [9.17, 15) is 13.2 Å². The highest BCUT2D eigenvalue weighted by molar-refractivity contribution is 6.76. The third-order valence-corrected chi connectivity index (χ3v) is 2.03. The Balaban J connectivity index is 2.08. The van der Waals surface area contributed by atoms with E-state index < -0.39 is 28.0 Å². The van der Waals surface area contributed by atoms with Crippen molar-refractivity contribution in [2.45, 2.75) is 6.08 Å². The fraction of sp³-hybridized carbons (Fsp3) is 0.143. The molecule has 0 saturated carbocycles. The van der Waals surface area contributed by atoms with Crippen LogP contribution in [0.25, 0.3) is 0 Å². The molecule has 3 nitrogen and oxygen atoms in total. The quantitative estimate of drug-likeness (QED) is 0.646. The van der Waals surface area contributed by atoms with Gasteiger partial charge in [-0.25, -0.2) is 0 Å². The first-order valence-corrected chi connectivity index (χ1v) is 4.58. The van der Waals surface area contributed by atoms with Gasteiger partial charge in [0.15, 0.2) is 0 Å². The second-order valence-electron chi connectivity index (χ2n) is 3.20. The highest BCUT2D eigenvalue weighted by Crippen LogP contribution is 2.22. The number of alkyl halides is 3. The molecular weight excluding hydrogens is 222 g/mol. The molecule has 1 aliphatic rings. The summed E-state index contributed by atoms with van der Waals surface area (Å²) in [5.74, 6) is 0. The van der Waals surface area contributed by atoms with Crippen molar-refractivity contribution in [2.24, 2.45) is 0 Å². The smallest absolute Gasteiger partial charge is 0.451 e. The molecule has 1 heterocycles. The number of halogens is 3. The fourth-order valence-corrected chi connectivity index (χ4v) is 1.31. The maximum atomic E-state index is 12.3. The molecule has 0 amide bonds. The van der Waals surface area contributed by atoms with E-state index in [1.807, 2.05) is 0 Å². The van der Waals surface area contributed by atoms with E-state index in [4.69, 9.17) is 4.57 Å². The zero-order valence-electron chi connectivity index (χ0n) is 8.11. The predicted octanol–water partition coefficient (Wildman–Crippen LogP) is 0.301. The first kappa shape index (κ1) is 11.6. The lowest BCUT2D eigenvalue weighted by Gasteiger charge is -2.26. The summed E-state index contributed by atoms with van der Waals surface area (Å²) in [4.78, 5) is 0. The van der Waals surface area contributed by atoms with Gasteiger partial charge in [0.1, 0.15) is 0 Å². The van der Waals surface area contributed by atoms with Gasteiger partial charge in [-0.2, -0.15) is 13.2 Å². The average molecular weight is 228 g/mol. The van der Waals surface area contributed by atoms with Crippen LogP contribution in [-0.4, -0.2) is 28.0 Å². The second kappa shape index (κ2) is 4.53. The number of rotatable bonds is 1. The van der Waals surface area contributed by atoms with Crippen LogP contribution >= 0.6 is 0 Å². The molecule has 0 unspecified atom stereocenters. The topological polar surface area (TPSA) is 27.7 Å². The zero-order valence-corrected chi connectivity index (χ0v) is 8.11. The van der Waals surface area contributed by atoms with Crippen molar-refractivity contribution in [3.05, 3.63) is 30.3 Å². The minimum Gasteiger partial charge on any atom is -0.451 e. The Labute approximate surface area is 91.5 Å². The van der Waals surface area contributed by atoms with Gasteiger partial charge in [-0.3, -0.25) is 0 Å². The molecule has 0 atom stereocenters. The van der Waals surface area contributed by atoms with Crippen LogP contribution < -0.4 is 5.46 Å². The van der Waals surface area contributed by atoms with Crippen LogP contribution in [0.3, 0.4) is 0 Å². The molecule has 16 heavy (non-hydrogen) atoms. The summed E-state index contributed by atoms with van der Waals surface area (Å²) in [6, 6.07) is 8.40. The number of benzene rings is 1. The lowest BCUT2D eigenvalue weighted by Crippen LogP contribution is -2.55. The number of hydrogen-bond acceptors (Lipinski definition) is 3. The summed E-state index contributed by atoms with van der Waals surface area (Å²) in [5, 5.41) is 0. The molecule has 0 radical (unpaired) electrons. The molecule has 0 aromatic heterocycles. The highest BCUT2D eigenvalue weighted by atomic mass is 19.4. The maximum Gasteiger partial charge on any atom is 0.552 e. The van der Waals surface area contributed by atoms with E-state index in [2.05, 4.69) is 9.14 Å². The fourth-order valence-electron chi connectivity index (χ4n) is 1.31. The molecule has 1 fully saturated rings. The molecule has 82 valence electrons. The minimum absolute atomic E-state index is 0.441. The molecule has 1 aromatic rings. The van der Waals surface area contributed by atoms with Crippen molar-refractivity contribution in [1.29, 1.82) is 0 Å². The Hall–Kier alpha value is -0.915. The van der Waals surface area contributed by atoms with Crippen LogP contribution in [0.15, 0.2) is 30.3 Å². The van der Waals surface area contributed by atoms with Gasteiger partial charge >= 0.3 is 28.0 Å². The predicted molar refractivity (Wildman–Crippen MR) is 54.0 cm³/mol. The van der Waals surface area contributed by atoms with Gasteiger partial charge in [0.05, 0.1) is 0 Å². The highest BCUT2D eigenvalue weighted by Gasteiger charge is 2.53. The van der Waals surface area contributed by atoms with E-state index in [1.165, 1.54) is 0 Å². The molecular formula is C7H6B3F3O3. The van der Waals surface area contributed by atoms with E-state index in [0.717, 1.165) is 0 Å². The van der Waals surface area contributed by atoms with Gasteiger partial charge in [-0.1, -0.05) is 30.3 Å². The molecule has 0 N–H and O–H groups in total. The SMILES string of the molecule is FC(F)(F)B1OBOB(c2ccccc2)O1. The van der Waals surface area contributed by atoms with Crippen molar-refractivity contribution >= 4 is 27.4 Å². The number of hydrogen-bond donors (Lipinski definition) is 0. The van der Waals surface area contributed by atoms with Gasteiger partial charge in [-0.05, 0) is 5.46 Å². The summed E-state index contributed by atoms with van der Waals surface area (Å²) in [5.41, 5.74) is 0.528. The first-order chi connectivity index (χ1) is 7.57. The van der Waals surface area contributed by atoms with Crippen molar-refractivity contribution in [3.63, 3.8) is 0 Å². The van der Waals surface area contributed by atoms with E-state index in [0.29, 0.717) is 5.46 Å². The summed E-state index contributed by atoms with van der Waals surface area (Å²) in [6.07, 6.45) is -4.54. The summed E-state index contributed by atoms with van der Waals surface area (Å²) in [6.45, 7) is 0. The Bertz CT molecular complexity index is 348. The van der Waals surface area contributed by atoms with Gasteiger partial charge in [0, 0.05) is 0 Å². The normalized spacial score (nSPS) is 17.2. The molecule has 9 heteroatoms. The van der Waals surface area contributed by atoms with Gasteiger partial charge in [0.25, 0.3) is 0 Å². The lowest BCUT2D eigenvalue weighted by atomic mass is 9.70. The van der Waals surface area contributed by atoms with E-state index >= 15 is 0 Å². The molecule has 1 saturated heterocycles. The van der Waals surface area contributed by atoms with Crippen molar-refractivity contribution < 1.29 is 26.9 Å². The minimum atomic E-state index is -4.54. The lowest BCUT2D eigenvalue weighted by molar-refractivity contribution is -0.0755. The van der Waals surface area contributed by atoms with Crippen LogP contribution in [0.1, 0.15) is 0 Å². The summed E-state index contributed by atoms with van der Waals surface area (Å²) < 4.78 is 50.9. The van der Waals surface area contributed by atoms with Crippen LogP contribution in [0.4, 0.5) is 13.2 Å². The molecule has 0 spiro atoms. The third kappa shape index (κ3) is 2.60.